The Morgan fingerprint density at radius 3 is 2.76 bits per heavy atom. The quantitative estimate of drug-likeness (QED) is 0.619. The van der Waals surface area contributed by atoms with Gasteiger partial charge < -0.3 is 20.4 Å². The minimum absolute atomic E-state index is 0.197. The summed E-state index contributed by atoms with van der Waals surface area (Å²) in [7, 11) is 0. The van der Waals surface area contributed by atoms with Crippen molar-refractivity contribution in [3.8, 4) is 0 Å². The molecule has 7 nitrogen and oxygen atoms in total. The molecular weight excluding hydrogens is 453 g/mol. The van der Waals surface area contributed by atoms with Crippen LogP contribution in [0, 0.1) is 19.7 Å². The zero-order chi connectivity index (χ0) is 24.3. The van der Waals surface area contributed by atoms with Crippen molar-refractivity contribution in [3.63, 3.8) is 0 Å². The van der Waals surface area contributed by atoms with Crippen LogP contribution in [-0.4, -0.2) is 59.1 Å². The van der Waals surface area contributed by atoms with Crippen LogP contribution in [0.4, 0.5) is 10.1 Å². The zero-order valence-corrected chi connectivity index (χ0v) is 21.0. The first-order valence-electron chi connectivity index (χ1n) is 11.8. The molecule has 2 aromatic rings. The third kappa shape index (κ3) is 5.47. The molecule has 1 aromatic heterocycles. The van der Waals surface area contributed by atoms with E-state index in [-0.39, 0.29) is 11.7 Å². The maximum Gasteiger partial charge on any atom is 0.257 e. The number of anilines is 1. The summed E-state index contributed by atoms with van der Waals surface area (Å²) in [4.78, 5) is 20.1. The molecule has 1 aromatic carbocycles. The largest absolute Gasteiger partial charge is 0.379 e. The molecule has 1 saturated heterocycles. The van der Waals surface area contributed by atoms with E-state index in [0.717, 1.165) is 63.0 Å². The van der Waals surface area contributed by atoms with E-state index in [2.05, 4.69) is 19.8 Å². The smallest absolute Gasteiger partial charge is 0.257 e. The van der Waals surface area contributed by atoms with Crippen molar-refractivity contribution in [2.45, 2.75) is 45.7 Å². The van der Waals surface area contributed by atoms with Gasteiger partial charge in [0.15, 0.2) is 5.17 Å². The number of ether oxygens (including phenoxy) is 1. The number of rotatable bonds is 7. The molecule has 0 radical (unpaired) electrons. The van der Waals surface area contributed by atoms with Gasteiger partial charge in [-0.05, 0) is 57.9 Å². The molecule has 1 atom stereocenters. The topological polar surface area (TPSA) is 84.9 Å². The van der Waals surface area contributed by atoms with Gasteiger partial charge in [-0.25, -0.2) is 4.39 Å². The molecule has 0 spiro atoms. The molecule has 184 valence electrons. The normalized spacial score (nSPS) is 21.4. The standard InChI is InChI=1S/C25H34FN5O2S/c1-17-15-20(18(2)31(17)9-4-8-30-10-12-33-13-11-30)23(32)28-19-5-6-22(26)21(16-19)25(3)7-14-34-24(27)29-25/h5-6,15-16H,4,7-14H2,1-3H3,(H2,27,29)(H,28,32). The van der Waals surface area contributed by atoms with Crippen LogP contribution in [0.2, 0.25) is 0 Å². The Bertz CT molecular complexity index is 1080. The number of aryl methyl sites for hydroxylation is 1. The number of aliphatic imine (C=N–C) groups is 1. The van der Waals surface area contributed by atoms with E-state index in [1.54, 1.807) is 12.1 Å². The highest BCUT2D eigenvalue weighted by Crippen LogP contribution is 2.37. The summed E-state index contributed by atoms with van der Waals surface area (Å²) in [5.41, 5.74) is 8.80. The number of morpholine rings is 1. The van der Waals surface area contributed by atoms with Crippen molar-refractivity contribution in [1.29, 1.82) is 0 Å². The van der Waals surface area contributed by atoms with Crippen LogP contribution in [0.1, 0.15) is 47.1 Å². The van der Waals surface area contributed by atoms with Crippen LogP contribution in [0.3, 0.4) is 0 Å². The molecule has 3 heterocycles. The summed E-state index contributed by atoms with van der Waals surface area (Å²) < 4.78 is 22.3. The molecule has 2 aliphatic heterocycles. The van der Waals surface area contributed by atoms with Crippen molar-refractivity contribution in [1.82, 2.24) is 9.47 Å². The lowest BCUT2D eigenvalue weighted by Crippen LogP contribution is -2.37. The molecular formula is C25H34FN5O2S. The third-order valence-electron chi connectivity index (χ3n) is 6.78. The minimum atomic E-state index is -0.740. The summed E-state index contributed by atoms with van der Waals surface area (Å²) in [6.45, 7) is 11.3. The molecule has 1 unspecified atom stereocenters. The number of nitrogens with one attached hydrogen (secondary N) is 1. The number of hydrogen-bond acceptors (Lipinski definition) is 6. The predicted molar refractivity (Wildman–Crippen MR) is 136 cm³/mol. The fraction of sp³-hybridized carbons (Fsp3) is 0.520. The van der Waals surface area contributed by atoms with Crippen molar-refractivity contribution in [2.75, 3.05) is 43.9 Å². The monoisotopic (exact) mass is 487 g/mol. The van der Waals surface area contributed by atoms with E-state index in [4.69, 9.17) is 10.5 Å². The van der Waals surface area contributed by atoms with Gasteiger partial charge in [0.05, 0.1) is 24.3 Å². The van der Waals surface area contributed by atoms with Gasteiger partial charge in [0, 0.05) is 54.6 Å². The number of aromatic nitrogens is 1. The second kappa shape index (κ2) is 10.5. The Hall–Kier alpha value is -2.36. The molecule has 34 heavy (non-hydrogen) atoms. The molecule has 2 aliphatic rings. The first-order chi connectivity index (χ1) is 16.3. The van der Waals surface area contributed by atoms with Gasteiger partial charge in [-0.2, -0.15) is 0 Å². The van der Waals surface area contributed by atoms with Crippen LogP contribution in [0.25, 0.3) is 0 Å². The van der Waals surface area contributed by atoms with E-state index in [1.807, 2.05) is 26.8 Å². The SMILES string of the molecule is Cc1cc(C(=O)Nc2ccc(F)c(C3(C)CCSC(N)=N3)c2)c(C)n1CCCN1CCOCC1. The molecule has 0 bridgehead atoms. The first-order valence-corrected chi connectivity index (χ1v) is 12.8. The summed E-state index contributed by atoms with van der Waals surface area (Å²) in [6.07, 6.45) is 1.69. The van der Waals surface area contributed by atoms with Gasteiger partial charge in [-0.3, -0.25) is 14.7 Å². The van der Waals surface area contributed by atoms with Crippen molar-refractivity contribution in [2.24, 2.45) is 10.7 Å². The maximum atomic E-state index is 14.7. The van der Waals surface area contributed by atoms with Gasteiger partial charge in [-0.1, -0.05) is 11.8 Å². The number of nitrogens with zero attached hydrogens (tertiary/aromatic N) is 3. The van der Waals surface area contributed by atoms with E-state index < -0.39 is 5.54 Å². The van der Waals surface area contributed by atoms with E-state index >= 15 is 0 Å². The number of amides is 1. The number of hydrogen-bond donors (Lipinski definition) is 2. The number of benzene rings is 1. The zero-order valence-electron chi connectivity index (χ0n) is 20.2. The Labute approximate surface area is 204 Å². The molecule has 0 saturated carbocycles. The molecule has 1 fully saturated rings. The Kier molecular flexibility index (Phi) is 7.64. The van der Waals surface area contributed by atoms with Crippen LogP contribution in [0.5, 0.6) is 0 Å². The second-order valence-corrected chi connectivity index (χ2v) is 10.3. The molecule has 0 aliphatic carbocycles. The first kappa shape index (κ1) is 24.8. The molecule has 9 heteroatoms. The van der Waals surface area contributed by atoms with Gasteiger partial charge in [-0.15, -0.1) is 0 Å². The highest BCUT2D eigenvalue weighted by molar-refractivity contribution is 8.13. The minimum Gasteiger partial charge on any atom is -0.379 e. The average molecular weight is 488 g/mol. The van der Waals surface area contributed by atoms with E-state index in [0.29, 0.717) is 28.4 Å². The van der Waals surface area contributed by atoms with Gasteiger partial charge in [0.1, 0.15) is 5.82 Å². The van der Waals surface area contributed by atoms with Crippen LogP contribution in [0.15, 0.2) is 29.3 Å². The van der Waals surface area contributed by atoms with Gasteiger partial charge in [0.2, 0.25) is 0 Å². The Morgan fingerprint density at radius 1 is 1.26 bits per heavy atom. The van der Waals surface area contributed by atoms with Gasteiger partial charge >= 0.3 is 0 Å². The summed E-state index contributed by atoms with van der Waals surface area (Å²) >= 11 is 1.48. The van der Waals surface area contributed by atoms with Crippen LogP contribution < -0.4 is 11.1 Å². The molecule has 4 rings (SSSR count). The van der Waals surface area contributed by atoms with Crippen molar-refractivity contribution >= 4 is 28.5 Å². The lowest BCUT2D eigenvalue weighted by Gasteiger charge is -2.30. The van der Waals surface area contributed by atoms with Gasteiger partial charge in [0.25, 0.3) is 5.91 Å². The number of halogens is 1. The summed E-state index contributed by atoms with van der Waals surface area (Å²) in [5.74, 6) is 0.235. The summed E-state index contributed by atoms with van der Waals surface area (Å²) in [6, 6.07) is 6.58. The Morgan fingerprint density at radius 2 is 2.03 bits per heavy atom. The van der Waals surface area contributed by atoms with E-state index in [9.17, 15) is 9.18 Å². The third-order valence-corrected chi connectivity index (χ3v) is 7.57. The number of amidine groups is 1. The highest BCUT2D eigenvalue weighted by Gasteiger charge is 2.32. The van der Waals surface area contributed by atoms with E-state index in [1.165, 1.54) is 17.8 Å². The molecule has 3 N–H and O–H groups in total. The Balaban J connectivity index is 1.46. The lowest BCUT2D eigenvalue weighted by atomic mass is 9.89. The fourth-order valence-corrected chi connectivity index (χ4v) is 5.72. The maximum absolute atomic E-state index is 14.7. The van der Waals surface area contributed by atoms with Crippen molar-refractivity contribution in [3.05, 3.63) is 52.6 Å². The lowest BCUT2D eigenvalue weighted by molar-refractivity contribution is 0.0369. The van der Waals surface area contributed by atoms with Crippen molar-refractivity contribution < 1.29 is 13.9 Å². The highest BCUT2D eigenvalue weighted by atomic mass is 32.2. The number of thioether (sulfide) groups is 1. The fourth-order valence-electron chi connectivity index (χ4n) is 4.75. The predicted octanol–water partition coefficient (Wildman–Crippen LogP) is 3.89. The molecule has 1 amide bonds. The number of nitrogens with two attached hydrogens (primary N) is 1. The number of carbonyl (C=O) groups is 1. The van der Waals surface area contributed by atoms with Crippen LogP contribution in [-0.2, 0) is 16.8 Å². The average Bonchev–Trinajstić information content (AvgIpc) is 3.09. The second-order valence-electron chi connectivity index (χ2n) is 9.22. The number of carbonyl (C=O) groups excluding carboxylic acids is 1. The van der Waals surface area contributed by atoms with Crippen LogP contribution >= 0.6 is 11.8 Å². The summed E-state index contributed by atoms with van der Waals surface area (Å²) in [5, 5.41) is 3.42.